The topological polar surface area (TPSA) is 116 Å². The smallest absolute Gasteiger partial charge is 0.213 e. The summed E-state index contributed by atoms with van der Waals surface area (Å²) in [7, 11) is -3.45. The van der Waals surface area contributed by atoms with E-state index in [1.165, 1.54) is 0 Å². The molecule has 1 fully saturated rings. The van der Waals surface area contributed by atoms with Crippen molar-refractivity contribution in [3.05, 3.63) is 59.3 Å². The number of likely N-dealkylation sites (tertiary alicyclic amines) is 1. The first kappa shape index (κ1) is 27.7. The average Bonchev–Trinajstić information content (AvgIpc) is 3.56. The van der Waals surface area contributed by atoms with Gasteiger partial charge in [-0.15, -0.1) is 11.3 Å². The standard InChI is InChI=1S/C29H34N4O4S2/c1-19(2)37-27-9-6-20(16-21(27)17-30)29-31-18-28(38-29)25-5-3-4-24-23(25)7-8-26(24)32-39(35,36)15-14-33-12-10-22(34)11-13-33/h3-6,9,16,18-19,22,26,32,34H,7-8,10-15H2,1-2H3/t26-/m0/s1. The van der Waals surface area contributed by atoms with Crippen molar-refractivity contribution in [2.45, 2.75) is 57.8 Å². The normalized spacial score (nSPS) is 18.3. The third-order valence-corrected chi connectivity index (χ3v) is 9.75. The molecule has 39 heavy (non-hydrogen) atoms. The Bertz CT molecular complexity index is 1470. The molecule has 1 saturated heterocycles. The number of benzene rings is 2. The monoisotopic (exact) mass is 566 g/mol. The zero-order chi connectivity index (χ0) is 27.6. The van der Waals surface area contributed by atoms with Crippen molar-refractivity contribution >= 4 is 21.4 Å². The molecule has 10 heteroatoms. The van der Waals surface area contributed by atoms with E-state index in [0.29, 0.717) is 30.7 Å². The van der Waals surface area contributed by atoms with Crippen LogP contribution in [0.5, 0.6) is 5.75 Å². The molecule has 5 rings (SSSR count). The van der Waals surface area contributed by atoms with Crippen LogP contribution in [0.1, 0.15) is 55.8 Å². The summed E-state index contributed by atoms with van der Waals surface area (Å²) in [4.78, 5) is 7.76. The molecule has 2 aromatic carbocycles. The van der Waals surface area contributed by atoms with Gasteiger partial charge in [0.2, 0.25) is 10.0 Å². The molecule has 0 saturated carbocycles. The number of nitriles is 1. The van der Waals surface area contributed by atoms with Gasteiger partial charge >= 0.3 is 0 Å². The van der Waals surface area contributed by atoms with Crippen LogP contribution < -0.4 is 9.46 Å². The summed E-state index contributed by atoms with van der Waals surface area (Å²) >= 11 is 1.56. The Balaban J connectivity index is 1.30. The van der Waals surface area contributed by atoms with Crippen molar-refractivity contribution in [3.8, 4) is 32.8 Å². The van der Waals surface area contributed by atoms with Gasteiger partial charge in [0, 0.05) is 37.4 Å². The number of aromatic nitrogens is 1. The zero-order valence-corrected chi connectivity index (χ0v) is 23.9. The molecule has 2 N–H and O–H groups in total. The second-order valence-electron chi connectivity index (χ2n) is 10.5. The summed E-state index contributed by atoms with van der Waals surface area (Å²) in [5.41, 5.74) is 4.59. The number of thiazole rings is 1. The van der Waals surface area contributed by atoms with Crippen molar-refractivity contribution in [3.63, 3.8) is 0 Å². The highest BCUT2D eigenvalue weighted by Crippen LogP contribution is 2.41. The fourth-order valence-electron chi connectivity index (χ4n) is 5.31. The first-order valence-electron chi connectivity index (χ1n) is 13.4. The lowest BCUT2D eigenvalue weighted by Crippen LogP contribution is -2.40. The lowest BCUT2D eigenvalue weighted by atomic mass is 10.0. The lowest BCUT2D eigenvalue weighted by molar-refractivity contribution is 0.0855. The van der Waals surface area contributed by atoms with Gasteiger partial charge in [-0.25, -0.2) is 18.1 Å². The van der Waals surface area contributed by atoms with Crippen molar-refractivity contribution in [2.75, 3.05) is 25.4 Å². The molecule has 0 unspecified atom stereocenters. The first-order chi connectivity index (χ1) is 18.7. The predicted molar refractivity (Wildman–Crippen MR) is 153 cm³/mol. The Hall–Kier alpha value is -2.81. The van der Waals surface area contributed by atoms with Gasteiger partial charge in [0.1, 0.15) is 16.8 Å². The predicted octanol–water partition coefficient (Wildman–Crippen LogP) is 4.50. The quantitative estimate of drug-likeness (QED) is 0.392. The molecule has 8 nitrogen and oxygen atoms in total. The fourth-order valence-corrected chi connectivity index (χ4v) is 7.57. The zero-order valence-electron chi connectivity index (χ0n) is 22.3. The molecule has 1 aliphatic carbocycles. The van der Waals surface area contributed by atoms with Crippen molar-refractivity contribution in [2.24, 2.45) is 0 Å². The molecule has 2 heterocycles. The van der Waals surface area contributed by atoms with Gasteiger partial charge in [-0.05, 0) is 74.4 Å². The minimum Gasteiger partial charge on any atom is -0.490 e. The van der Waals surface area contributed by atoms with Crippen LogP contribution in [0.15, 0.2) is 42.6 Å². The van der Waals surface area contributed by atoms with Crippen LogP contribution in [-0.4, -0.2) is 61.0 Å². The number of sulfonamides is 1. The van der Waals surface area contributed by atoms with E-state index < -0.39 is 10.0 Å². The molecule has 206 valence electrons. The van der Waals surface area contributed by atoms with Crippen LogP contribution in [0.4, 0.5) is 0 Å². The number of nitrogens with zero attached hydrogens (tertiary/aromatic N) is 3. The van der Waals surface area contributed by atoms with E-state index in [1.807, 2.05) is 50.4 Å². The van der Waals surface area contributed by atoms with Gasteiger partial charge in [0.05, 0.1) is 28.4 Å². The number of aliphatic hydroxyl groups is 1. The van der Waals surface area contributed by atoms with E-state index in [0.717, 1.165) is 58.1 Å². The van der Waals surface area contributed by atoms with E-state index in [2.05, 4.69) is 26.7 Å². The number of rotatable bonds is 9. The van der Waals surface area contributed by atoms with Crippen LogP contribution in [0.25, 0.3) is 21.0 Å². The third kappa shape index (κ3) is 6.51. The maximum Gasteiger partial charge on any atom is 0.213 e. The molecule has 2 aliphatic rings. The van der Waals surface area contributed by atoms with Crippen LogP contribution in [0, 0.1) is 11.3 Å². The van der Waals surface area contributed by atoms with Crippen LogP contribution in [0.2, 0.25) is 0 Å². The summed E-state index contributed by atoms with van der Waals surface area (Å²) in [5.74, 6) is 0.621. The van der Waals surface area contributed by atoms with Gasteiger partial charge < -0.3 is 14.7 Å². The van der Waals surface area contributed by atoms with Crippen molar-refractivity contribution in [1.29, 1.82) is 5.26 Å². The second-order valence-corrected chi connectivity index (χ2v) is 13.4. The van der Waals surface area contributed by atoms with Gasteiger partial charge in [-0.2, -0.15) is 5.26 Å². The first-order valence-corrected chi connectivity index (χ1v) is 15.9. The molecular formula is C29H34N4O4S2. The van der Waals surface area contributed by atoms with E-state index in [1.54, 1.807) is 11.3 Å². The molecule has 0 bridgehead atoms. The average molecular weight is 567 g/mol. The number of nitrogens with one attached hydrogen (secondary N) is 1. The molecular weight excluding hydrogens is 532 g/mol. The summed E-state index contributed by atoms with van der Waals surface area (Å²) in [5, 5.41) is 20.1. The maximum atomic E-state index is 12.9. The Morgan fingerprint density at radius 3 is 2.77 bits per heavy atom. The Labute approximate surface area is 234 Å². The molecule has 1 atom stereocenters. The molecule has 1 aromatic heterocycles. The maximum absolute atomic E-state index is 12.9. The largest absolute Gasteiger partial charge is 0.490 e. The highest BCUT2D eigenvalue weighted by molar-refractivity contribution is 7.89. The van der Waals surface area contributed by atoms with Gasteiger partial charge in [-0.3, -0.25) is 0 Å². The Morgan fingerprint density at radius 2 is 2.03 bits per heavy atom. The highest BCUT2D eigenvalue weighted by atomic mass is 32.2. The van der Waals surface area contributed by atoms with Gasteiger partial charge in [0.15, 0.2) is 0 Å². The Morgan fingerprint density at radius 1 is 1.23 bits per heavy atom. The molecule has 0 spiro atoms. The van der Waals surface area contributed by atoms with E-state index in [-0.39, 0.29) is 24.0 Å². The summed E-state index contributed by atoms with van der Waals surface area (Å²) in [6.45, 7) is 5.80. The lowest BCUT2D eigenvalue weighted by Gasteiger charge is -2.29. The van der Waals surface area contributed by atoms with Crippen molar-refractivity contribution < 1.29 is 18.3 Å². The number of hydrogen-bond acceptors (Lipinski definition) is 8. The van der Waals surface area contributed by atoms with Crippen LogP contribution >= 0.6 is 11.3 Å². The number of aliphatic hydroxyl groups excluding tert-OH is 1. The van der Waals surface area contributed by atoms with Gasteiger partial charge in [0.25, 0.3) is 0 Å². The summed E-state index contributed by atoms with van der Waals surface area (Å²) < 4.78 is 34.5. The molecule has 1 aliphatic heterocycles. The highest BCUT2D eigenvalue weighted by Gasteiger charge is 2.29. The fraction of sp³-hybridized carbons (Fsp3) is 0.448. The minimum atomic E-state index is -3.45. The number of fused-ring (bicyclic) bond motifs is 1. The third-order valence-electron chi connectivity index (χ3n) is 7.31. The van der Waals surface area contributed by atoms with E-state index in [4.69, 9.17) is 4.74 Å². The van der Waals surface area contributed by atoms with Crippen LogP contribution in [-0.2, 0) is 16.4 Å². The van der Waals surface area contributed by atoms with E-state index in [9.17, 15) is 18.8 Å². The molecule has 0 radical (unpaired) electrons. The molecule has 0 amide bonds. The minimum absolute atomic E-state index is 0.0208. The Kier molecular flexibility index (Phi) is 8.35. The summed E-state index contributed by atoms with van der Waals surface area (Å²) in [6.07, 6.45) is 4.47. The van der Waals surface area contributed by atoms with E-state index >= 15 is 0 Å². The summed E-state index contributed by atoms with van der Waals surface area (Å²) in [6, 6.07) is 13.6. The second kappa shape index (κ2) is 11.7. The SMILES string of the molecule is CC(C)Oc1ccc(-c2ncc(-c3cccc4c3CC[C@@H]4NS(=O)(=O)CCN3CCC(O)CC3)s2)cc1C#N. The number of piperidine rings is 1. The van der Waals surface area contributed by atoms with Crippen LogP contribution in [0.3, 0.4) is 0 Å². The number of hydrogen-bond donors (Lipinski definition) is 2. The molecule has 3 aromatic rings. The van der Waals surface area contributed by atoms with Crippen molar-refractivity contribution in [1.82, 2.24) is 14.6 Å². The van der Waals surface area contributed by atoms with Gasteiger partial charge in [-0.1, -0.05) is 18.2 Å². The number of ether oxygens (including phenoxy) is 1.